The minimum Gasteiger partial charge on any atom is -0.338 e. The van der Waals surface area contributed by atoms with E-state index in [2.05, 4.69) is 28.6 Å². The standard InChI is InChI=1S/C22H29N3OS/c1-16-6-4-7-19(12-16)21(26)25-10-5-8-22(15-25)9-11-24(14-22)13-20-17(2)23-18(3)27-20/h4,6-7,12H,5,8-11,13-15H2,1-3H3/t22-/m0/s1. The summed E-state index contributed by atoms with van der Waals surface area (Å²) < 4.78 is 0. The largest absolute Gasteiger partial charge is 0.338 e. The van der Waals surface area contributed by atoms with Gasteiger partial charge in [-0.25, -0.2) is 4.98 Å². The Morgan fingerprint density at radius 1 is 1.19 bits per heavy atom. The molecule has 2 fully saturated rings. The first-order valence-corrected chi connectivity index (χ1v) is 10.8. The Morgan fingerprint density at radius 3 is 2.78 bits per heavy atom. The summed E-state index contributed by atoms with van der Waals surface area (Å²) >= 11 is 1.82. The Bertz CT molecular complexity index is 846. The number of rotatable bonds is 3. The van der Waals surface area contributed by atoms with Crippen molar-refractivity contribution in [1.82, 2.24) is 14.8 Å². The van der Waals surface area contributed by atoms with E-state index in [9.17, 15) is 4.79 Å². The van der Waals surface area contributed by atoms with Crippen LogP contribution in [-0.2, 0) is 6.54 Å². The molecule has 0 bridgehead atoms. The van der Waals surface area contributed by atoms with Gasteiger partial charge in [0.05, 0.1) is 10.7 Å². The van der Waals surface area contributed by atoms with Crippen LogP contribution in [0.1, 0.15) is 50.8 Å². The lowest BCUT2D eigenvalue weighted by Gasteiger charge is -2.40. The summed E-state index contributed by atoms with van der Waals surface area (Å²) in [5, 5.41) is 1.16. The molecule has 2 aromatic rings. The van der Waals surface area contributed by atoms with Gasteiger partial charge >= 0.3 is 0 Å². The van der Waals surface area contributed by atoms with Crippen molar-refractivity contribution < 1.29 is 4.79 Å². The third-order valence-corrected chi connectivity index (χ3v) is 7.16. The van der Waals surface area contributed by atoms with Crippen LogP contribution in [0.3, 0.4) is 0 Å². The molecular weight excluding hydrogens is 354 g/mol. The van der Waals surface area contributed by atoms with E-state index in [1.165, 1.54) is 23.4 Å². The molecule has 1 aromatic heterocycles. The highest BCUT2D eigenvalue weighted by molar-refractivity contribution is 7.11. The highest BCUT2D eigenvalue weighted by Crippen LogP contribution is 2.40. The van der Waals surface area contributed by atoms with Crippen molar-refractivity contribution in [2.45, 2.75) is 46.6 Å². The summed E-state index contributed by atoms with van der Waals surface area (Å²) in [5.74, 6) is 0.199. The van der Waals surface area contributed by atoms with Gasteiger partial charge in [0.2, 0.25) is 0 Å². The number of piperidine rings is 1. The summed E-state index contributed by atoms with van der Waals surface area (Å²) in [5.41, 5.74) is 3.43. The van der Waals surface area contributed by atoms with Gasteiger partial charge in [-0.1, -0.05) is 17.7 Å². The van der Waals surface area contributed by atoms with E-state index < -0.39 is 0 Å². The molecular formula is C22H29N3OS. The molecule has 27 heavy (non-hydrogen) atoms. The highest BCUT2D eigenvalue weighted by Gasteiger charge is 2.42. The number of nitrogens with zero attached hydrogens (tertiary/aromatic N) is 3. The van der Waals surface area contributed by atoms with Gasteiger partial charge in [-0.2, -0.15) is 0 Å². The number of amides is 1. The molecule has 0 aliphatic carbocycles. The van der Waals surface area contributed by atoms with Crippen LogP contribution in [0.25, 0.3) is 0 Å². The van der Waals surface area contributed by atoms with Crippen LogP contribution in [0.5, 0.6) is 0 Å². The van der Waals surface area contributed by atoms with E-state index in [-0.39, 0.29) is 11.3 Å². The number of hydrogen-bond donors (Lipinski definition) is 0. The van der Waals surface area contributed by atoms with Gasteiger partial charge in [0.1, 0.15) is 0 Å². The van der Waals surface area contributed by atoms with Crippen molar-refractivity contribution in [2.75, 3.05) is 26.2 Å². The average molecular weight is 384 g/mol. The number of benzene rings is 1. The summed E-state index contributed by atoms with van der Waals surface area (Å²) in [7, 11) is 0. The van der Waals surface area contributed by atoms with Crippen LogP contribution >= 0.6 is 11.3 Å². The van der Waals surface area contributed by atoms with E-state index in [0.29, 0.717) is 0 Å². The number of carbonyl (C=O) groups excluding carboxylic acids is 1. The molecule has 0 saturated carbocycles. The minimum absolute atomic E-state index is 0.199. The fourth-order valence-electron chi connectivity index (χ4n) is 4.76. The summed E-state index contributed by atoms with van der Waals surface area (Å²) in [6.07, 6.45) is 3.55. The smallest absolute Gasteiger partial charge is 0.253 e. The number of likely N-dealkylation sites (tertiary alicyclic amines) is 2. The van der Waals surface area contributed by atoms with E-state index in [4.69, 9.17) is 0 Å². The van der Waals surface area contributed by atoms with Crippen LogP contribution in [0.4, 0.5) is 0 Å². The molecule has 2 saturated heterocycles. The van der Waals surface area contributed by atoms with Gasteiger partial charge in [0, 0.05) is 42.0 Å². The molecule has 144 valence electrons. The molecule has 1 aromatic carbocycles. The molecule has 0 N–H and O–H groups in total. The van der Waals surface area contributed by atoms with Crippen molar-refractivity contribution in [3.05, 3.63) is 51.0 Å². The quantitative estimate of drug-likeness (QED) is 0.797. The lowest BCUT2D eigenvalue weighted by molar-refractivity contribution is 0.0527. The Labute approximate surface area is 166 Å². The zero-order valence-corrected chi connectivity index (χ0v) is 17.4. The molecule has 2 aliphatic heterocycles. The molecule has 0 radical (unpaired) electrons. The Morgan fingerprint density at radius 2 is 2.04 bits per heavy atom. The van der Waals surface area contributed by atoms with Crippen molar-refractivity contribution in [3.63, 3.8) is 0 Å². The predicted octanol–water partition coefficient (Wildman–Crippen LogP) is 4.20. The van der Waals surface area contributed by atoms with Crippen molar-refractivity contribution in [1.29, 1.82) is 0 Å². The molecule has 4 rings (SSSR count). The highest BCUT2D eigenvalue weighted by atomic mass is 32.1. The first-order chi connectivity index (χ1) is 12.9. The lowest BCUT2D eigenvalue weighted by Crippen LogP contribution is -2.47. The third kappa shape index (κ3) is 3.94. The van der Waals surface area contributed by atoms with Gasteiger partial charge in [-0.3, -0.25) is 9.69 Å². The predicted molar refractivity (Wildman–Crippen MR) is 110 cm³/mol. The van der Waals surface area contributed by atoms with Crippen LogP contribution in [-0.4, -0.2) is 46.9 Å². The zero-order chi connectivity index (χ0) is 19.0. The van der Waals surface area contributed by atoms with Gasteiger partial charge in [-0.05, 0) is 58.7 Å². The molecule has 5 heteroatoms. The molecule has 4 nitrogen and oxygen atoms in total. The monoisotopic (exact) mass is 383 g/mol. The Balaban J connectivity index is 1.43. The Kier molecular flexibility index (Phi) is 5.08. The minimum atomic E-state index is 0.199. The number of aromatic nitrogens is 1. The van der Waals surface area contributed by atoms with Crippen molar-refractivity contribution in [3.8, 4) is 0 Å². The SMILES string of the molecule is Cc1cccc(C(=O)N2CCC[C@@]3(CCN(Cc4sc(C)nc4C)C3)C2)c1. The number of hydrogen-bond acceptors (Lipinski definition) is 4. The van der Waals surface area contributed by atoms with Gasteiger partial charge < -0.3 is 4.90 Å². The maximum absolute atomic E-state index is 13.0. The third-order valence-electron chi connectivity index (χ3n) is 6.10. The summed E-state index contributed by atoms with van der Waals surface area (Å²) in [6.45, 7) is 11.3. The number of thiazole rings is 1. The van der Waals surface area contributed by atoms with Crippen LogP contribution in [0, 0.1) is 26.2 Å². The number of aryl methyl sites for hydroxylation is 3. The molecule has 1 spiro atoms. The normalized spacial score (nSPS) is 23.3. The lowest BCUT2D eigenvalue weighted by atomic mass is 9.79. The van der Waals surface area contributed by atoms with E-state index in [1.807, 2.05) is 42.5 Å². The molecule has 1 atom stereocenters. The fourth-order valence-corrected chi connectivity index (χ4v) is 5.74. The molecule has 0 unspecified atom stereocenters. The second-order valence-electron chi connectivity index (χ2n) is 8.40. The summed E-state index contributed by atoms with van der Waals surface area (Å²) in [4.78, 5) is 23.7. The molecule has 3 heterocycles. The van der Waals surface area contributed by atoms with Gasteiger partial charge in [0.25, 0.3) is 5.91 Å². The average Bonchev–Trinajstić information content (AvgIpc) is 3.17. The van der Waals surface area contributed by atoms with Crippen molar-refractivity contribution in [2.24, 2.45) is 5.41 Å². The molecule has 1 amide bonds. The molecule has 2 aliphatic rings. The second-order valence-corrected chi connectivity index (χ2v) is 9.69. The maximum atomic E-state index is 13.0. The topological polar surface area (TPSA) is 36.4 Å². The van der Waals surface area contributed by atoms with Crippen LogP contribution < -0.4 is 0 Å². The van der Waals surface area contributed by atoms with E-state index >= 15 is 0 Å². The van der Waals surface area contributed by atoms with Crippen LogP contribution in [0.2, 0.25) is 0 Å². The maximum Gasteiger partial charge on any atom is 0.253 e. The van der Waals surface area contributed by atoms with Gasteiger partial charge in [0.15, 0.2) is 0 Å². The zero-order valence-electron chi connectivity index (χ0n) is 16.6. The fraction of sp³-hybridized carbons (Fsp3) is 0.545. The Hall–Kier alpha value is -1.72. The van der Waals surface area contributed by atoms with E-state index in [0.717, 1.165) is 55.3 Å². The summed E-state index contributed by atoms with van der Waals surface area (Å²) in [6, 6.07) is 8.00. The number of carbonyl (C=O) groups is 1. The first-order valence-electron chi connectivity index (χ1n) is 9.95. The van der Waals surface area contributed by atoms with Crippen molar-refractivity contribution >= 4 is 17.2 Å². The second kappa shape index (κ2) is 7.36. The van der Waals surface area contributed by atoms with Gasteiger partial charge in [-0.15, -0.1) is 11.3 Å². The van der Waals surface area contributed by atoms with E-state index in [1.54, 1.807) is 0 Å². The van der Waals surface area contributed by atoms with Crippen LogP contribution in [0.15, 0.2) is 24.3 Å². The first kappa shape index (κ1) is 18.6.